The Morgan fingerprint density at radius 2 is 1.82 bits per heavy atom. The molecule has 1 aliphatic carbocycles. The standard InChI is InChI=1S/C9H17NO/c1-7-5-4-6-8(2)9(7)10-11-3/h7-8H,4-6H2,1-3H3/t7-,8+. The molecule has 2 nitrogen and oxygen atoms in total. The number of hydrogen-bond acceptors (Lipinski definition) is 2. The molecule has 0 N–H and O–H groups in total. The predicted octanol–water partition coefficient (Wildman–Crippen LogP) is 2.44. The van der Waals surface area contributed by atoms with Crippen LogP contribution in [0.15, 0.2) is 5.16 Å². The van der Waals surface area contributed by atoms with Crippen LogP contribution in [0.5, 0.6) is 0 Å². The van der Waals surface area contributed by atoms with Gasteiger partial charge in [-0.1, -0.05) is 25.4 Å². The van der Waals surface area contributed by atoms with Crippen molar-refractivity contribution in [3.05, 3.63) is 0 Å². The second kappa shape index (κ2) is 3.74. The highest BCUT2D eigenvalue weighted by molar-refractivity contribution is 5.88. The summed E-state index contributed by atoms with van der Waals surface area (Å²) in [6, 6.07) is 0. The molecular weight excluding hydrogens is 138 g/mol. The van der Waals surface area contributed by atoms with Crippen molar-refractivity contribution in [2.24, 2.45) is 17.0 Å². The van der Waals surface area contributed by atoms with Gasteiger partial charge in [0.1, 0.15) is 7.11 Å². The SMILES string of the molecule is CON=C1[C@H](C)CCC[C@@H]1C. The number of oxime groups is 1. The lowest BCUT2D eigenvalue weighted by Crippen LogP contribution is -2.24. The fourth-order valence-electron chi connectivity index (χ4n) is 1.80. The van der Waals surface area contributed by atoms with Gasteiger partial charge in [-0.2, -0.15) is 0 Å². The molecule has 0 heterocycles. The topological polar surface area (TPSA) is 21.6 Å². The lowest BCUT2D eigenvalue weighted by Gasteiger charge is -2.25. The van der Waals surface area contributed by atoms with Crippen LogP contribution in [0.2, 0.25) is 0 Å². The van der Waals surface area contributed by atoms with Crippen LogP contribution in [0.1, 0.15) is 33.1 Å². The molecule has 11 heavy (non-hydrogen) atoms. The van der Waals surface area contributed by atoms with E-state index in [1.54, 1.807) is 7.11 Å². The quantitative estimate of drug-likeness (QED) is 0.533. The first-order chi connectivity index (χ1) is 5.25. The van der Waals surface area contributed by atoms with Crippen molar-refractivity contribution in [1.29, 1.82) is 0 Å². The highest BCUT2D eigenvalue weighted by Crippen LogP contribution is 2.25. The van der Waals surface area contributed by atoms with Crippen molar-refractivity contribution in [2.75, 3.05) is 7.11 Å². The van der Waals surface area contributed by atoms with Crippen molar-refractivity contribution < 1.29 is 4.84 Å². The lowest BCUT2D eigenvalue weighted by atomic mass is 9.82. The molecular formula is C9H17NO. The summed E-state index contributed by atoms with van der Waals surface area (Å²) in [5, 5.41) is 4.06. The summed E-state index contributed by atoms with van der Waals surface area (Å²) in [5.41, 5.74) is 1.25. The lowest BCUT2D eigenvalue weighted by molar-refractivity contribution is 0.206. The Labute approximate surface area is 68.6 Å². The summed E-state index contributed by atoms with van der Waals surface area (Å²) in [4.78, 5) is 4.81. The van der Waals surface area contributed by atoms with Crippen LogP contribution < -0.4 is 0 Å². The normalized spacial score (nSPS) is 35.7. The molecule has 0 aliphatic heterocycles. The third-order valence-corrected chi connectivity index (χ3v) is 2.48. The van der Waals surface area contributed by atoms with Crippen molar-refractivity contribution in [3.8, 4) is 0 Å². The molecule has 1 saturated carbocycles. The van der Waals surface area contributed by atoms with Gasteiger partial charge in [0.25, 0.3) is 0 Å². The zero-order valence-electron chi connectivity index (χ0n) is 7.63. The van der Waals surface area contributed by atoms with E-state index in [9.17, 15) is 0 Å². The monoisotopic (exact) mass is 155 g/mol. The molecule has 0 spiro atoms. The predicted molar refractivity (Wildman–Crippen MR) is 46.6 cm³/mol. The van der Waals surface area contributed by atoms with Crippen LogP contribution in [-0.2, 0) is 4.84 Å². The zero-order chi connectivity index (χ0) is 8.27. The molecule has 0 aromatic heterocycles. The van der Waals surface area contributed by atoms with E-state index < -0.39 is 0 Å². The van der Waals surface area contributed by atoms with Gasteiger partial charge in [0.15, 0.2) is 0 Å². The van der Waals surface area contributed by atoms with E-state index in [1.807, 2.05) is 0 Å². The molecule has 2 heteroatoms. The molecule has 64 valence electrons. The van der Waals surface area contributed by atoms with Crippen LogP contribution in [0.25, 0.3) is 0 Å². The minimum atomic E-state index is 0.624. The summed E-state index contributed by atoms with van der Waals surface area (Å²) in [6.07, 6.45) is 3.88. The smallest absolute Gasteiger partial charge is 0.106 e. The zero-order valence-corrected chi connectivity index (χ0v) is 7.63. The molecule has 0 aromatic carbocycles. The maximum Gasteiger partial charge on any atom is 0.106 e. The fraction of sp³-hybridized carbons (Fsp3) is 0.889. The largest absolute Gasteiger partial charge is 0.399 e. The Morgan fingerprint density at radius 3 is 2.27 bits per heavy atom. The van der Waals surface area contributed by atoms with E-state index >= 15 is 0 Å². The Balaban J connectivity index is 2.62. The minimum Gasteiger partial charge on any atom is -0.399 e. The highest BCUT2D eigenvalue weighted by Gasteiger charge is 2.23. The van der Waals surface area contributed by atoms with Crippen LogP contribution in [0, 0.1) is 11.8 Å². The second-order valence-corrected chi connectivity index (χ2v) is 3.43. The summed E-state index contributed by atoms with van der Waals surface area (Å²) in [7, 11) is 1.63. The van der Waals surface area contributed by atoms with E-state index in [-0.39, 0.29) is 0 Å². The van der Waals surface area contributed by atoms with Gasteiger partial charge in [-0.15, -0.1) is 0 Å². The second-order valence-electron chi connectivity index (χ2n) is 3.43. The molecule has 1 aliphatic rings. The Bertz CT molecular complexity index is 142. The van der Waals surface area contributed by atoms with Crippen LogP contribution in [-0.4, -0.2) is 12.8 Å². The average molecular weight is 155 g/mol. The van der Waals surface area contributed by atoms with E-state index in [0.717, 1.165) is 0 Å². The van der Waals surface area contributed by atoms with E-state index in [1.165, 1.54) is 25.0 Å². The Hall–Kier alpha value is -0.530. The molecule has 0 radical (unpaired) electrons. The number of nitrogens with zero attached hydrogens (tertiary/aromatic N) is 1. The van der Waals surface area contributed by atoms with Gasteiger partial charge >= 0.3 is 0 Å². The summed E-state index contributed by atoms with van der Waals surface area (Å²) < 4.78 is 0. The van der Waals surface area contributed by atoms with Crippen molar-refractivity contribution in [2.45, 2.75) is 33.1 Å². The third kappa shape index (κ3) is 1.95. The van der Waals surface area contributed by atoms with Crippen LogP contribution in [0.3, 0.4) is 0 Å². The molecule has 1 rings (SSSR count). The van der Waals surface area contributed by atoms with Crippen molar-refractivity contribution >= 4 is 5.71 Å². The van der Waals surface area contributed by atoms with E-state index in [2.05, 4.69) is 19.0 Å². The molecule has 0 aromatic rings. The maximum atomic E-state index is 4.81. The highest BCUT2D eigenvalue weighted by atomic mass is 16.6. The van der Waals surface area contributed by atoms with Gasteiger partial charge in [-0.25, -0.2) is 0 Å². The van der Waals surface area contributed by atoms with E-state index in [0.29, 0.717) is 11.8 Å². The first-order valence-corrected chi connectivity index (χ1v) is 4.36. The van der Waals surface area contributed by atoms with Gasteiger partial charge in [0.05, 0.1) is 5.71 Å². The molecule has 0 unspecified atom stereocenters. The molecule has 0 amide bonds. The van der Waals surface area contributed by atoms with Gasteiger partial charge in [-0.3, -0.25) is 0 Å². The van der Waals surface area contributed by atoms with Crippen molar-refractivity contribution in [1.82, 2.24) is 0 Å². The van der Waals surface area contributed by atoms with E-state index in [4.69, 9.17) is 4.84 Å². The molecule has 1 fully saturated rings. The molecule has 2 atom stereocenters. The van der Waals surface area contributed by atoms with Gasteiger partial charge < -0.3 is 4.84 Å². The molecule has 0 saturated heterocycles. The molecule has 0 bridgehead atoms. The van der Waals surface area contributed by atoms with Crippen molar-refractivity contribution in [3.63, 3.8) is 0 Å². The Morgan fingerprint density at radius 1 is 1.27 bits per heavy atom. The third-order valence-electron chi connectivity index (χ3n) is 2.48. The van der Waals surface area contributed by atoms with Gasteiger partial charge in [0.2, 0.25) is 0 Å². The minimum absolute atomic E-state index is 0.624. The number of hydrogen-bond donors (Lipinski definition) is 0. The first kappa shape index (κ1) is 8.57. The van der Waals surface area contributed by atoms with Crippen LogP contribution in [0.4, 0.5) is 0 Å². The van der Waals surface area contributed by atoms with Gasteiger partial charge in [0, 0.05) is 0 Å². The van der Waals surface area contributed by atoms with Crippen LogP contribution >= 0.6 is 0 Å². The number of rotatable bonds is 1. The summed E-state index contributed by atoms with van der Waals surface area (Å²) in [5.74, 6) is 1.25. The van der Waals surface area contributed by atoms with Gasteiger partial charge in [-0.05, 0) is 24.7 Å². The fourth-order valence-corrected chi connectivity index (χ4v) is 1.80. The Kier molecular flexibility index (Phi) is 2.92. The maximum absolute atomic E-state index is 4.81. The average Bonchev–Trinajstić information content (AvgIpc) is 1.97. The first-order valence-electron chi connectivity index (χ1n) is 4.36. The summed E-state index contributed by atoms with van der Waals surface area (Å²) in [6.45, 7) is 4.46. The summed E-state index contributed by atoms with van der Waals surface area (Å²) >= 11 is 0.